The molecule has 0 nitrogen and oxygen atoms in total. The van der Waals surface area contributed by atoms with Crippen molar-refractivity contribution in [1.29, 1.82) is 0 Å². The zero-order valence-electron chi connectivity index (χ0n) is 7.80. The van der Waals surface area contributed by atoms with Crippen LogP contribution in [0.5, 0.6) is 0 Å². The zero-order valence-corrected chi connectivity index (χ0v) is 7.80. The van der Waals surface area contributed by atoms with Gasteiger partial charge in [-0.15, -0.1) is 0 Å². The lowest BCUT2D eigenvalue weighted by Gasteiger charge is -2.32. The summed E-state index contributed by atoms with van der Waals surface area (Å²) in [5.41, 5.74) is 0.532. The molecule has 3 unspecified atom stereocenters. The third-order valence-corrected chi connectivity index (χ3v) is 3.39. The van der Waals surface area contributed by atoms with Crippen LogP contribution in [0.4, 0.5) is 0 Å². The van der Waals surface area contributed by atoms with Crippen molar-refractivity contribution in [3.63, 3.8) is 0 Å². The first-order valence-electron chi connectivity index (χ1n) is 4.76. The van der Waals surface area contributed by atoms with E-state index in [1.165, 1.54) is 12.8 Å². The van der Waals surface area contributed by atoms with E-state index in [9.17, 15) is 0 Å². The average molecular weight is 150 g/mol. The lowest BCUT2D eigenvalue weighted by atomic mass is 9.73. The minimum absolute atomic E-state index is 0.532. The normalized spacial score (nSPS) is 41.9. The largest absolute Gasteiger partial charge is 0.0851 e. The minimum atomic E-state index is 0.532. The Morgan fingerprint density at radius 2 is 1.82 bits per heavy atom. The van der Waals surface area contributed by atoms with Gasteiger partial charge in [-0.2, -0.15) is 0 Å². The molecule has 0 aromatic heterocycles. The smallest absolute Gasteiger partial charge is 0.0194 e. The van der Waals surface area contributed by atoms with Gasteiger partial charge in [0, 0.05) is 0 Å². The van der Waals surface area contributed by atoms with Crippen LogP contribution in [0.2, 0.25) is 0 Å². The fraction of sp³-hybridized carbons (Fsp3) is 0.818. The molecule has 0 spiro atoms. The van der Waals surface area contributed by atoms with Gasteiger partial charge in [0.2, 0.25) is 0 Å². The lowest BCUT2D eigenvalue weighted by Crippen LogP contribution is -2.23. The van der Waals surface area contributed by atoms with Crippen LogP contribution in [0.15, 0.2) is 12.2 Å². The molecule has 1 fully saturated rings. The highest BCUT2D eigenvalue weighted by molar-refractivity contribution is 5.11. The quantitative estimate of drug-likeness (QED) is 0.465. The van der Waals surface area contributed by atoms with Crippen LogP contribution in [0.3, 0.4) is 0 Å². The second kappa shape index (κ2) is 2.12. The highest BCUT2D eigenvalue weighted by Crippen LogP contribution is 2.50. The Morgan fingerprint density at radius 3 is 2.09 bits per heavy atom. The van der Waals surface area contributed by atoms with E-state index in [0.717, 1.165) is 17.8 Å². The van der Waals surface area contributed by atoms with Gasteiger partial charge < -0.3 is 0 Å². The highest BCUT2D eigenvalue weighted by atomic mass is 14.5. The van der Waals surface area contributed by atoms with Crippen molar-refractivity contribution in [1.82, 2.24) is 0 Å². The monoisotopic (exact) mass is 150 g/mol. The Morgan fingerprint density at radius 1 is 1.09 bits per heavy atom. The Kier molecular flexibility index (Phi) is 1.42. The summed E-state index contributed by atoms with van der Waals surface area (Å²) >= 11 is 0. The van der Waals surface area contributed by atoms with Crippen LogP contribution in [0.1, 0.15) is 33.6 Å². The molecule has 0 saturated heterocycles. The van der Waals surface area contributed by atoms with Crippen molar-refractivity contribution in [3.8, 4) is 0 Å². The number of allylic oxidation sites excluding steroid dienone is 2. The molecule has 11 heavy (non-hydrogen) atoms. The topological polar surface area (TPSA) is 0 Å². The van der Waals surface area contributed by atoms with Crippen LogP contribution in [-0.4, -0.2) is 0 Å². The predicted molar refractivity (Wildman–Crippen MR) is 48.3 cm³/mol. The van der Waals surface area contributed by atoms with Crippen LogP contribution >= 0.6 is 0 Å². The van der Waals surface area contributed by atoms with Crippen LogP contribution in [0, 0.1) is 23.2 Å². The first-order valence-corrected chi connectivity index (χ1v) is 4.76. The average Bonchev–Trinajstić information content (AvgIpc) is 2.42. The summed E-state index contributed by atoms with van der Waals surface area (Å²) in [6.45, 7) is 7.14. The summed E-state index contributed by atoms with van der Waals surface area (Å²) in [5, 5.41) is 0. The van der Waals surface area contributed by atoms with Gasteiger partial charge in [-0.3, -0.25) is 0 Å². The first-order chi connectivity index (χ1) is 5.07. The van der Waals surface area contributed by atoms with E-state index in [1.54, 1.807) is 0 Å². The highest BCUT2D eigenvalue weighted by Gasteiger charge is 2.41. The molecule has 0 aromatic rings. The molecule has 0 N–H and O–H groups in total. The molecule has 2 aliphatic rings. The zero-order chi connectivity index (χ0) is 8.06. The number of hydrogen-bond donors (Lipinski definition) is 0. The van der Waals surface area contributed by atoms with Crippen molar-refractivity contribution >= 4 is 0 Å². The Hall–Kier alpha value is -0.260. The molecule has 1 saturated carbocycles. The molecule has 0 heteroatoms. The summed E-state index contributed by atoms with van der Waals surface area (Å²) in [7, 11) is 0. The Bertz CT molecular complexity index is 183. The number of rotatable bonds is 0. The Labute approximate surface area is 69.7 Å². The molecule has 0 aliphatic heterocycles. The summed E-state index contributed by atoms with van der Waals surface area (Å²) < 4.78 is 0. The standard InChI is InChI=1S/C11H18/c1-11(2,3)10-7-8-4-5-9(10)6-8/h4-5,8-10H,6-7H2,1-3H3. The maximum Gasteiger partial charge on any atom is -0.0194 e. The van der Waals surface area contributed by atoms with Crippen molar-refractivity contribution < 1.29 is 0 Å². The molecule has 0 heterocycles. The molecule has 2 bridgehead atoms. The van der Waals surface area contributed by atoms with E-state index in [4.69, 9.17) is 0 Å². The summed E-state index contributed by atoms with van der Waals surface area (Å²) in [5.74, 6) is 2.81. The van der Waals surface area contributed by atoms with Crippen molar-refractivity contribution in [3.05, 3.63) is 12.2 Å². The number of fused-ring (bicyclic) bond motifs is 2. The van der Waals surface area contributed by atoms with Gasteiger partial charge in [0.25, 0.3) is 0 Å². The third-order valence-electron chi connectivity index (χ3n) is 3.39. The second-order valence-electron chi connectivity index (χ2n) is 5.25. The van der Waals surface area contributed by atoms with Crippen LogP contribution in [-0.2, 0) is 0 Å². The maximum atomic E-state index is 2.45. The molecule has 0 amide bonds. The molecule has 0 radical (unpaired) electrons. The molecular weight excluding hydrogens is 132 g/mol. The summed E-state index contributed by atoms with van der Waals surface area (Å²) in [6, 6.07) is 0. The second-order valence-corrected chi connectivity index (χ2v) is 5.25. The van der Waals surface area contributed by atoms with E-state index in [2.05, 4.69) is 32.9 Å². The van der Waals surface area contributed by atoms with Crippen LogP contribution in [0.25, 0.3) is 0 Å². The van der Waals surface area contributed by atoms with Crippen LogP contribution < -0.4 is 0 Å². The maximum absolute atomic E-state index is 2.45. The van der Waals surface area contributed by atoms with Gasteiger partial charge >= 0.3 is 0 Å². The summed E-state index contributed by atoms with van der Waals surface area (Å²) in [6.07, 6.45) is 7.77. The van der Waals surface area contributed by atoms with E-state index in [0.29, 0.717) is 5.41 Å². The van der Waals surface area contributed by atoms with Gasteiger partial charge in [0.1, 0.15) is 0 Å². The fourth-order valence-electron chi connectivity index (χ4n) is 2.78. The van der Waals surface area contributed by atoms with Crippen molar-refractivity contribution in [2.75, 3.05) is 0 Å². The van der Waals surface area contributed by atoms with Crippen molar-refractivity contribution in [2.24, 2.45) is 23.2 Å². The molecule has 62 valence electrons. The molecule has 0 aromatic carbocycles. The molecular formula is C11H18. The Balaban J connectivity index is 2.15. The van der Waals surface area contributed by atoms with Gasteiger partial charge in [0.15, 0.2) is 0 Å². The molecule has 3 atom stereocenters. The first kappa shape index (κ1) is 7.39. The summed E-state index contributed by atoms with van der Waals surface area (Å²) in [4.78, 5) is 0. The van der Waals surface area contributed by atoms with E-state index in [-0.39, 0.29) is 0 Å². The molecule has 2 aliphatic carbocycles. The van der Waals surface area contributed by atoms with E-state index < -0.39 is 0 Å². The predicted octanol–water partition coefficient (Wildman–Crippen LogP) is 3.24. The molecule has 2 rings (SSSR count). The minimum Gasteiger partial charge on any atom is -0.0851 e. The van der Waals surface area contributed by atoms with Gasteiger partial charge in [-0.1, -0.05) is 32.9 Å². The van der Waals surface area contributed by atoms with E-state index in [1.807, 2.05) is 0 Å². The third kappa shape index (κ3) is 1.13. The SMILES string of the molecule is CC(C)(C)C1CC2C=CC1C2. The fourth-order valence-corrected chi connectivity index (χ4v) is 2.78. The van der Waals surface area contributed by atoms with Gasteiger partial charge in [-0.05, 0) is 36.0 Å². The lowest BCUT2D eigenvalue weighted by molar-refractivity contribution is 0.205. The van der Waals surface area contributed by atoms with Gasteiger partial charge in [0.05, 0.1) is 0 Å². The van der Waals surface area contributed by atoms with Gasteiger partial charge in [-0.25, -0.2) is 0 Å². The number of hydrogen-bond acceptors (Lipinski definition) is 0. The van der Waals surface area contributed by atoms with E-state index >= 15 is 0 Å². The van der Waals surface area contributed by atoms with Crippen molar-refractivity contribution in [2.45, 2.75) is 33.6 Å².